The van der Waals surface area contributed by atoms with Crippen molar-refractivity contribution in [1.29, 1.82) is 0 Å². The van der Waals surface area contributed by atoms with Crippen LogP contribution >= 0.6 is 0 Å². The SMILES string of the molecule is C#CCCC1(CCC(=O)N2C[C@H](O)C[C@H]2c2ccc(C(F)(F)F)cc2)N=N1. The Morgan fingerprint density at radius 2 is 1.96 bits per heavy atom. The summed E-state index contributed by atoms with van der Waals surface area (Å²) in [5.41, 5.74) is -0.727. The number of terminal acetylenes is 1. The molecule has 0 radical (unpaired) electrons. The number of aliphatic hydroxyl groups excluding tert-OH is 1. The van der Waals surface area contributed by atoms with Crippen molar-refractivity contribution in [2.45, 2.75) is 56.1 Å². The second-order valence-corrected chi connectivity index (χ2v) is 6.96. The average molecular weight is 379 g/mol. The van der Waals surface area contributed by atoms with Crippen molar-refractivity contribution in [3.05, 3.63) is 35.4 Å². The maximum Gasteiger partial charge on any atom is 0.416 e. The Kier molecular flexibility index (Phi) is 5.24. The van der Waals surface area contributed by atoms with Crippen molar-refractivity contribution >= 4 is 5.91 Å². The number of halogens is 3. The first-order valence-electron chi connectivity index (χ1n) is 8.76. The fourth-order valence-corrected chi connectivity index (χ4v) is 3.42. The second-order valence-electron chi connectivity index (χ2n) is 6.96. The molecule has 1 fully saturated rings. The molecule has 1 amide bonds. The van der Waals surface area contributed by atoms with E-state index in [9.17, 15) is 23.1 Å². The van der Waals surface area contributed by atoms with E-state index in [1.807, 2.05) is 0 Å². The number of hydrogen-bond donors (Lipinski definition) is 1. The molecule has 1 N–H and O–H groups in total. The Balaban J connectivity index is 1.65. The zero-order valence-electron chi connectivity index (χ0n) is 14.6. The minimum atomic E-state index is -4.41. The van der Waals surface area contributed by atoms with Crippen molar-refractivity contribution in [2.75, 3.05) is 6.54 Å². The molecular formula is C19H20F3N3O2. The summed E-state index contributed by atoms with van der Waals surface area (Å²) < 4.78 is 38.2. The normalized spacial score (nSPS) is 23.3. The zero-order chi connectivity index (χ0) is 19.7. The van der Waals surface area contributed by atoms with Gasteiger partial charge in [0.15, 0.2) is 5.66 Å². The number of alkyl halides is 3. The molecule has 0 aromatic heterocycles. The van der Waals surface area contributed by atoms with Gasteiger partial charge in [-0.1, -0.05) is 12.1 Å². The number of rotatable bonds is 6. The highest BCUT2D eigenvalue weighted by Crippen LogP contribution is 2.39. The van der Waals surface area contributed by atoms with E-state index in [-0.39, 0.29) is 18.9 Å². The highest BCUT2D eigenvalue weighted by atomic mass is 19.4. The van der Waals surface area contributed by atoms with Gasteiger partial charge < -0.3 is 10.0 Å². The van der Waals surface area contributed by atoms with Crippen LogP contribution in [0.4, 0.5) is 13.2 Å². The van der Waals surface area contributed by atoms with Gasteiger partial charge in [0.25, 0.3) is 0 Å². The predicted octanol–water partition coefficient (Wildman–Crippen LogP) is 3.70. The third kappa shape index (κ3) is 4.48. The molecular weight excluding hydrogens is 359 g/mol. The smallest absolute Gasteiger partial charge is 0.391 e. The Morgan fingerprint density at radius 1 is 1.30 bits per heavy atom. The number of carbonyl (C=O) groups is 1. The lowest BCUT2D eigenvalue weighted by Gasteiger charge is -2.25. The Morgan fingerprint density at radius 3 is 2.52 bits per heavy atom. The standard InChI is InChI=1S/C19H20F3N3O2/c1-2-3-9-18(23-24-18)10-8-17(27)25-12-15(26)11-16(25)13-4-6-14(7-5-13)19(20,21)22/h1,4-7,15-16,26H,3,8-12H2/t15-,16+/m1/s1. The third-order valence-corrected chi connectivity index (χ3v) is 5.01. The van der Waals surface area contributed by atoms with Gasteiger partial charge in [0.1, 0.15) is 0 Å². The Labute approximate surface area is 155 Å². The fourth-order valence-electron chi connectivity index (χ4n) is 3.42. The number of nitrogens with zero attached hydrogens (tertiary/aromatic N) is 3. The van der Waals surface area contributed by atoms with E-state index in [1.54, 1.807) is 0 Å². The van der Waals surface area contributed by atoms with Gasteiger partial charge in [-0.05, 0) is 24.1 Å². The molecule has 0 spiro atoms. The third-order valence-electron chi connectivity index (χ3n) is 5.01. The predicted molar refractivity (Wildman–Crippen MR) is 91.4 cm³/mol. The van der Waals surface area contributed by atoms with Gasteiger partial charge in [-0.15, -0.1) is 12.3 Å². The average Bonchev–Trinajstić information content (AvgIpc) is 3.30. The quantitative estimate of drug-likeness (QED) is 0.766. The van der Waals surface area contributed by atoms with Crippen LogP contribution < -0.4 is 0 Å². The largest absolute Gasteiger partial charge is 0.416 e. The monoisotopic (exact) mass is 379 g/mol. The summed E-state index contributed by atoms with van der Waals surface area (Å²) >= 11 is 0. The van der Waals surface area contributed by atoms with Gasteiger partial charge in [0, 0.05) is 32.2 Å². The summed E-state index contributed by atoms with van der Waals surface area (Å²) in [5, 5.41) is 18.0. The van der Waals surface area contributed by atoms with Crippen LogP contribution in [0.5, 0.6) is 0 Å². The maximum absolute atomic E-state index is 12.7. The molecule has 144 valence electrons. The molecule has 0 unspecified atom stereocenters. The van der Waals surface area contributed by atoms with E-state index in [0.717, 1.165) is 12.1 Å². The molecule has 5 nitrogen and oxygen atoms in total. The van der Waals surface area contributed by atoms with E-state index in [2.05, 4.69) is 16.1 Å². The Bertz CT molecular complexity index is 762. The number of aliphatic hydroxyl groups is 1. The van der Waals surface area contributed by atoms with E-state index >= 15 is 0 Å². The van der Waals surface area contributed by atoms with Gasteiger partial charge in [-0.2, -0.15) is 23.4 Å². The summed E-state index contributed by atoms with van der Waals surface area (Å²) in [6.07, 6.45) is 2.20. The van der Waals surface area contributed by atoms with Gasteiger partial charge in [0.05, 0.1) is 17.7 Å². The van der Waals surface area contributed by atoms with Crippen LogP contribution in [0.3, 0.4) is 0 Å². The van der Waals surface area contributed by atoms with Crippen molar-refractivity contribution in [3.63, 3.8) is 0 Å². The fraction of sp³-hybridized carbons (Fsp3) is 0.526. The lowest BCUT2D eigenvalue weighted by atomic mass is 10.00. The zero-order valence-corrected chi connectivity index (χ0v) is 14.6. The summed E-state index contributed by atoms with van der Waals surface area (Å²) in [6.45, 7) is 0.163. The van der Waals surface area contributed by atoms with Crippen molar-refractivity contribution in [1.82, 2.24) is 4.90 Å². The van der Waals surface area contributed by atoms with Gasteiger partial charge in [-0.25, -0.2) is 0 Å². The number of carbonyl (C=O) groups excluding carboxylic acids is 1. The topological polar surface area (TPSA) is 65.3 Å². The number of hydrogen-bond acceptors (Lipinski definition) is 4. The molecule has 2 atom stereocenters. The molecule has 8 heteroatoms. The molecule has 0 saturated carbocycles. The summed E-state index contributed by atoms with van der Waals surface area (Å²) in [5.74, 6) is 2.36. The molecule has 3 rings (SSSR count). The summed E-state index contributed by atoms with van der Waals surface area (Å²) in [7, 11) is 0. The molecule has 1 aromatic carbocycles. The van der Waals surface area contributed by atoms with Crippen LogP contribution in [0.1, 0.15) is 49.3 Å². The van der Waals surface area contributed by atoms with E-state index in [1.165, 1.54) is 17.0 Å². The molecule has 2 heterocycles. The lowest BCUT2D eigenvalue weighted by Crippen LogP contribution is -2.32. The van der Waals surface area contributed by atoms with Gasteiger partial charge >= 0.3 is 6.18 Å². The molecule has 2 aliphatic rings. The number of amides is 1. The first-order valence-corrected chi connectivity index (χ1v) is 8.76. The molecule has 1 aromatic rings. The highest BCUT2D eigenvalue weighted by molar-refractivity contribution is 5.77. The highest BCUT2D eigenvalue weighted by Gasteiger charge is 2.41. The van der Waals surface area contributed by atoms with Crippen molar-refractivity contribution in [3.8, 4) is 12.3 Å². The second kappa shape index (κ2) is 7.31. The molecule has 27 heavy (non-hydrogen) atoms. The first kappa shape index (κ1) is 19.4. The van der Waals surface area contributed by atoms with Crippen LogP contribution in [0.25, 0.3) is 0 Å². The lowest BCUT2D eigenvalue weighted by molar-refractivity contribution is -0.137. The van der Waals surface area contributed by atoms with Crippen LogP contribution in [-0.2, 0) is 11.0 Å². The maximum atomic E-state index is 12.7. The van der Waals surface area contributed by atoms with Crippen LogP contribution in [-0.4, -0.2) is 34.2 Å². The summed E-state index contributed by atoms with van der Waals surface area (Å²) in [6, 6.07) is 4.29. The number of benzene rings is 1. The van der Waals surface area contributed by atoms with Crippen LogP contribution in [0.15, 0.2) is 34.5 Å². The van der Waals surface area contributed by atoms with E-state index < -0.39 is 29.5 Å². The molecule has 0 aliphatic carbocycles. The van der Waals surface area contributed by atoms with Crippen LogP contribution in [0.2, 0.25) is 0 Å². The number of β-amino-alcohol motifs (C(OH)–C–C–N with tert-alkyl or cyclic N) is 1. The van der Waals surface area contributed by atoms with Crippen molar-refractivity contribution < 1.29 is 23.1 Å². The number of likely N-dealkylation sites (tertiary alicyclic amines) is 1. The minimum absolute atomic E-state index is 0.163. The van der Waals surface area contributed by atoms with Crippen molar-refractivity contribution in [2.24, 2.45) is 10.2 Å². The van der Waals surface area contributed by atoms with Gasteiger partial charge in [0.2, 0.25) is 5.91 Å². The van der Waals surface area contributed by atoms with E-state index in [4.69, 9.17) is 6.42 Å². The Hall–Kier alpha value is -2.40. The van der Waals surface area contributed by atoms with Gasteiger partial charge in [-0.3, -0.25) is 4.79 Å². The summed E-state index contributed by atoms with van der Waals surface area (Å²) in [4.78, 5) is 14.2. The van der Waals surface area contributed by atoms with E-state index in [0.29, 0.717) is 31.2 Å². The first-order chi connectivity index (χ1) is 12.7. The molecule has 2 aliphatic heterocycles. The minimum Gasteiger partial charge on any atom is -0.391 e. The van der Waals surface area contributed by atoms with Crippen LogP contribution in [0, 0.1) is 12.3 Å². The molecule has 0 bridgehead atoms. The molecule has 1 saturated heterocycles.